The van der Waals surface area contributed by atoms with Gasteiger partial charge in [0.05, 0.1) is 18.2 Å². The van der Waals surface area contributed by atoms with Crippen molar-refractivity contribution in [3.05, 3.63) is 52.2 Å². The van der Waals surface area contributed by atoms with E-state index in [0.717, 1.165) is 17.7 Å². The number of fused-ring (bicyclic) bond motifs is 1. The second kappa shape index (κ2) is 5.16. The highest BCUT2D eigenvalue weighted by Gasteiger charge is 2.12. The van der Waals surface area contributed by atoms with Gasteiger partial charge in [0.2, 0.25) is 0 Å². The Morgan fingerprint density at radius 3 is 2.76 bits per heavy atom. The molecule has 0 radical (unpaired) electrons. The molecular weight excluding hydrogens is 264 g/mol. The standard InChI is InChI=1S/C16H18N4O/c1-4-7-19-10-17-15-13(16(19)21)9-18-20(15)14-6-5-11(2)8-12(14)3/h5-6,8-10H,4,7H2,1-3H3. The van der Waals surface area contributed by atoms with Crippen LogP contribution in [0.15, 0.2) is 35.5 Å². The van der Waals surface area contributed by atoms with Gasteiger partial charge in [0, 0.05) is 6.54 Å². The lowest BCUT2D eigenvalue weighted by Crippen LogP contribution is -2.20. The molecule has 108 valence electrons. The van der Waals surface area contributed by atoms with Crippen molar-refractivity contribution in [3.63, 3.8) is 0 Å². The van der Waals surface area contributed by atoms with E-state index in [1.165, 1.54) is 5.56 Å². The fourth-order valence-corrected chi connectivity index (χ4v) is 2.57. The number of aromatic nitrogens is 4. The van der Waals surface area contributed by atoms with Crippen molar-refractivity contribution in [3.8, 4) is 5.69 Å². The first kappa shape index (κ1) is 13.5. The summed E-state index contributed by atoms with van der Waals surface area (Å²) in [5.41, 5.74) is 3.85. The van der Waals surface area contributed by atoms with Crippen LogP contribution in [0, 0.1) is 13.8 Å². The quantitative estimate of drug-likeness (QED) is 0.742. The Kier molecular flexibility index (Phi) is 3.33. The average Bonchev–Trinajstić information content (AvgIpc) is 2.87. The fraction of sp³-hybridized carbons (Fsp3) is 0.312. The summed E-state index contributed by atoms with van der Waals surface area (Å²) in [6, 6.07) is 6.14. The van der Waals surface area contributed by atoms with E-state index < -0.39 is 0 Å². The van der Waals surface area contributed by atoms with Crippen molar-refractivity contribution in [2.24, 2.45) is 0 Å². The largest absolute Gasteiger partial charge is 0.299 e. The third-order valence-corrected chi connectivity index (χ3v) is 3.60. The molecule has 2 aromatic heterocycles. The van der Waals surface area contributed by atoms with Gasteiger partial charge in [-0.05, 0) is 31.9 Å². The zero-order valence-electron chi connectivity index (χ0n) is 12.5. The molecule has 0 N–H and O–H groups in total. The number of rotatable bonds is 3. The van der Waals surface area contributed by atoms with Crippen molar-refractivity contribution >= 4 is 11.0 Å². The van der Waals surface area contributed by atoms with E-state index in [2.05, 4.69) is 23.1 Å². The Bertz CT molecular complexity index is 860. The van der Waals surface area contributed by atoms with E-state index in [9.17, 15) is 4.79 Å². The third-order valence-electron chi connectivity index (χ3n) is 3.60. The first-order valence-electron chi connectivity index (χ1n) is 7.12. The number of benzene rings is 1. The number of hydrogen-bond acceptors (Lipinski definition) is 3. The molecular formula is C16H18N4O. The van der Waals surface area contributed by atoms with E-state index >= 15 is 0 Å². The van der Waals surface area contributed by atoms with Crippen LogP contribution in [-0.4, -0.2) is 19.3 Å². The van der Waals surface area contributed by atoms with Crippen LogP contribution < -0.4 is 5.56 Å². The fourth-order valence-electron chi connectivity index (χ4n) is 2.57. The predicted octanol–water partition coefficient (Wildman–Crippen LogP) is 2.61. The molecule has 0 unspecified atom stereocenters. The van der Waals surface area contributed by atoms with E-state index in [0.29, 0.717) is 17.6 Å². The SMILES string of the molecule is CCCn1cnc2c(cnn2-c2ccc(C)cc2C)c1=O. The van der Waals surface area contributed by atoms with Gasteiger partial charge in [-0.25, -0.2) is 9.67 Å². The van der Waals surface area contributed by atoms with Gasteiger partial charge >= 0.3 is 0 Å². The van der Waals surface area contributed by atoms with Crippen molar-refractivity contribution in [1.29, 1.82) is 0 Å². The maximum absolute atomic E-state index is 12.4. The molecule has 3 aromatic rings. The van der Waals surface area contributed by atoms with Gasteiger partial charge in [0.15, 0.2) is 5.65 Å². The second-order valence-corrected chi connectivity index (χ2v) is 5.33. The van der Waals surface area contributed by atoms with Gasteiger partial charge in [-0.2, -0.15) is 5.10 Å². The van der Waals surface area contributed by atoms with Crippen LogP contribution >= 0.6 is 0 Å². The Morgan fingerprint density at radius 1 is 1.24 bits per heavy atom. The second-order valence-electron chi connectivity index (χ2n) is 5.33. The highest BCUT2D eigenvalue weighted by atomic mass is 16.1. The highest BCUT2D eigenvalue weighted by Crippen LogP contribution is 2.18. The summed E-state index contributed by atoms with van der Waals surface area (Å²) >= 11 is 0. The van der Waals surface area contributed by atoms with Crippen molar-refractivity contribution in [2.75, 3.05) is 0 Å². The topological polar surface area (TPSA) is 52.7 Å². The van der Waals surface area contributed by atoms with Gasteiger partial charge in [0.25, 0.3) is 5.56 Å². The molecule has 0 aliphatic rings. The normalized spacial score (nSPS) is 11.2. The molecule has 0 bridgehead atoms. The average molecular weight is 282 g/mol. The van der Waals surface area contributed by atoms with Crippen LogP contribution in [0.2, 0.25) is 0 Å². The summed E-state index contributed by atoms with van der Waals surface area (Å²) in [7, 11) is 0. The molecule has 0 saturated heterocycles. The molecule has 21 heavy (non-hydrogen) atoms. The first-order chi connectivity index (χ1) is 10.1. The number of nitrogens with zero attached hydrogens (tertiary/aromatic N) is 4. The lowest BCUT2D eigenvalue weighted by atomic mass is 10.1. The molecule has 0 aliphatic carbocycles. The van der Waals surface area contributed by atoms with E-state index in [-0.39, 0.29) is 5.56 Å². The van der Waals surface area contributed by atoms with E-state index in [1.807, 2.05) is 26.0 Å². The lowest BCUT2D eigenvalue weighted by Gasteiger charge is -2.08. The van der Waals surface area contributed by atoms with Gasteiger partial charge in [-0.15, -0.1) is 0 Å². The van der Waals surface area contributed by atoms with Crippen LogP contribution in [0.3, 0.4) is 0 Å². The Morgan fingerprint density at radius 2 is 2.05 bits per heavy atom. The maximum atomic E-state index is 12.4. The van der Waals surface area contributed by atoms with Gasteiger partial charge in [-0.3, -0.25) is 9.36 Å². The Labute approximate surface area is 122 Å². The Balaban J connectivity index is 2.21. The Hall–Kier alpha value is -2.43. The molecule has 0 spiro atoms. The van der Waals surface area contributed by atoms with Crippen molar-refractivity contribution in [2.45, 2.75) is 33.7 Å². The molecule has 3 rings (SSSR count). The number of aryl methyl sites for hydroxylation is 3. The minimum absolute atomic E-state index is 0.0298. The summed E-state index contributed by atoms with van der Waals surface area (Å²) in [6.45, 7) is 6.81. The molecule has 2 heterocycles. The summed E-state index contributed by atoms with van der Waals surface area (Å²) in [5, 5.41) is 4.92. The molecule has 5 heteroatoms. The highest BCUT2D eigenvalue weighted by molar-refractivity contribution is 5.75. The van der Waals surface area contributed by atoms with Gasteiger partial charge in [0.1, 0.15) is 5.39 Å². The lowest BCUT2D eigenvalue weighted by molar-refractivity contribution is 0.647. The van der Waals surface area contributed by atoms with Crippen LogP contribution in [0.4, 0.5) is 0 Å². The maximum Gasteiger partial charge on any atom is 0.264 e. The zero-order valence-corrected chi connectivity index (χ0v) is 12.5. The van der Waals surface area contributed by atoms with Crippen LogP contribution in [-0.2, 0) is 6.54 Å². The van der Waals surface area contributed by atoms with E-state index in [4.69, 9.17) is 0 Å². The summed E-state index contributed by atoms with van der Waals surface area (Å²) in [4.78, 5) is 16.8. The predicted molar refractivity (Wildman–Crippen MR) is 82.9 cm³/mol. The van der Waals surface area contributed by atoms with Gasteiger partial charge < -0.3 is 0 Å². The number of hydrogen-bond donors (Lipinski definition) is 0. The zero-order chi connectivity index (χ0) is 15.0. The first-order valence-corrected chi connectivity index (χ1v) is 7.12. The van der Waals surface area contributed by atoms with Crippen LogP contribution in [0.1, 0.15) is 24.5 Å². The molecule has 1 aromatic carbocycles. The summed E-state index contributed by atoms with van der Waals surface area (Å²) in [6.07, 6.45) is 4.12. The molecule has 0 amide bonds. The monoisotopic (exact) mass is 282 g/mol. The molecule has 0 saturated carbocycles. The molecule has 0 atom stereocenters. The minimum Gasteiger partial charge on any atom is -0.299 e. The molecule has 5 nitrogen and oxygen atoms in total. The summed E-state index contributed by atoms with van der Waals surface area (Å²) in [5.74, 6) is 0. The summed E-state index contributed by atoms with van der Waals surface area (Å²) < 4.78 is 3.37. The van der Waals surface area contributed by atoms with Crippen LogP contribution in [0.25, 0.3) is 16.7 Å². The van der Waals surface area contributed by atoms with Gasteiger partial charge in [-0.1, -0.05) is 24.6 Å². The smallest absolute Gasteiger partial charge is 0.264 e. The van der Waals surface area contributed by atoms with Crippen molar-refractivity contribution in [1.82, 2.24) is 19.3 Å². The molecule has 0 aliphatic heterocycles. The third kappa shape index (κ3) is 2.24. The van der Waals surface area contributed by atoms with Crippen molar-refractivity contribution < 1.29 is 0 Å². The van der Waals surface area contributed by atoms with E-state index in [1.54, 1.807) is 21.8 Å². The van der Waals surface area contributed by atoms with Crippen LogP contribution in [0.5, 0.6) is 0 Å². The minimum atomic E-state index is -0.0298. The molecule has 0 fully saturated rings.